The van der Waals surface area contributed by atoms with Crippen LogP contribution in [0.25, 0.3) is 0 Å². The van der Waals surface area contributed by atoms with Crippen molar-refractivity contribution in [1.82, 2.24) is 24.8 Å². The van der Waals surface area contributed by atoms with Crippen molar-refractivity contribution in [3.05, 3.63) is 42.2 Å². The fourth-order valence-corrected chi connectivity index (χ4v) is 3.84. The lowest BCUT2D eigenvalue weighted by molar-refractivity contribution is -0.0303. The number of rotatable bonds is 4. The lowest BCUT2D eigenvalue weighted by Crippen LogP contribution is -2.45. The zero-order valence-corrected chi connectivity index (χ0v) is 14.3. The quantitative estimate of drug-likeness (QED) is 0.888. The lowest BCUT2D eigenvalue weighted by Gasteiger charge is -2.32. The molecule has 2 bridgehead atoms. The van der Waals surface area contributed by atoms with Crippen LogP contribution in [0.5, 0.6) is 0 Å². The molecule has 1 N–H and O–H groups in total. The molecule has 3 fully saturated rings. The van der Waals surface area contributed by atoms with Gasteiger partial charge in [-0.2, -0.15) is 0 Å². The molecule has 1 amide bonds. The van der Waals surface area contributed by atoms with Crippen LogP contribution in [0.1, 0.15) is 41.6 Å². The summed E-state index contributed by atoms with van der Waals surface area (Å²) in [5.41, 5.74) is 1.37. The molecule has 2 aromatic heterocycles. The topological polar surface area (TPSA) is 93.1 Å². The van der Waals surface area contributed by atoms with E-state index in [1.54, 1.807) is 12.4 Å². The minimum Gasteiger partial charge on any atom is -0.371 e. The Kier molecular flexibility index (Phi) is 3.59. The minimum absolute atomic E-state index is 0.0191. The van der Waals surface area contributed by atoms with Crippen LogP contribution in [0.4, 0.5) is 5.95 Å². The van der Waals surface area contributed by atoms with Gasteiger partial charge in [0.25, 0.3) is 5.91 Å². The molecule has 3 aliphatic rings. The number of nitrogens with zero attached hydrogens (tertiary/aromatic N) is 5. The van der Waals surface area contributed by atoms with E-state index in [0.29, 0.717) is 24.6 Å². The second kappa shape index (κ2) is 5.98. The Morgan fingerprint density at radius 1 is 1.08 bits per heavy atom. The third kappa shape index (κ3) is 2.80. The van der Waals surface area contributed by atoms with Crippen LogP contribution < -0.4 is 5.32 Å². The highest BCUT2D eigenvalue weighted by molar-refractivity contribution is 5.93. The number of amides is 1. The van der Waals surface area contributed by atoms with Gasteiger partial charge in [0, 0.05) is 43.4 Å². The number of aromatic nitrogens is 4. The van der Waals surface area contributed by atoms with E-state index in [4.69, 9.17) is 4.74 Å². The molecule has 8 nitrogen and oxygen atoms in total. The van der Waals surface area contributed by atoms with Crippen LogP contribution in [0, 0.1) is 0 Å². The van der Waals surface area contributed by atoms with Crippen LogP contribution in [-0.2, 0) is 10.3 Å². The van der Waals surface area contributed by atoms with Gasteiger partial charge >= 0.3 is 0 Å². The van der Waals surface area contributed by atoms with Crippen LogP contribution in [0.15, 0.2) is 31.1 Å². The van der Waals surface area contributed by atoms with E-state index < -0.39 is 0 Å². The zero-order chi connectivity index (χ0) is 17.6. The van der Waals surface area contributed by atoms with Gasteiger partial charge in [-0.25, -0.2) is 19.9 Å². The Labute approximate surface area is 151 Å². The molecule has 0 radical (unpaired) electrons. The predicted octanol–water partition coefficient (Wildman–Crippen LogP) is 1.37. The number of nitrogens with one attached hydrogen (secondary N) is 1. The van der Waals surface area contributed by atoms with E-state index in [2.05, 4.69) is 25.3 Å². The summed E-state index contributed by atoms with van der Waals surface area (Å²) in [5.74, 6) is 0.499. The van der Waals surface area contributed by atoms with Gasteiger partial charge in [0.2, 0.25) is 5.95 Å². The van der Waals surface area contributed by atoms with Crippen LogP contribution >= 0.6 is 0 Å². The number of carbonyl (C=O) groups is 1. The van der Waals surface area contributed by atoms with Crippen molar-refractivity contribution in [2.45, 2.75) is 43.4 Å². The standard InChI is InChI=1S/C18H20N6O2/c25-16(24-9-14-1-2-15(10-24)26-14)12-5-21-17(22-6-12)23-18(3-4-18)13-7-19-11-20-8-13/h5-8,11,14-15H,1-4,9-10H2,(H,21,22,23)/t14-,15?/m0/s1. The molecule has 0 aromatic carbocycles. The Bertz CT molecular complexity index is 796. The zero-order valence-electron chi connectivity index (χ0n) is 14.3. The Morgan fingerprint density at radius 2 is 1.73 bits per heavy atom. The molecular weight excluding hydrogens is 332 g/mol. The summed E-state index contributed by atoms with van der Waals surface area (Å²) in [6.45, 7) is 1.32. The van der Waals surface area contributed by atoms with Crippen molar-refractivity contribution in [2.75, 3.05) is 18.4 Å². The van der Waals surface area contributed by atoms with E-state index in [9.17, 15) is 4.79 Å². The molecule has 5 rings (SSSR count). The summed E-state index contributed by atoms with van der Waals surface area (Å²) in [6.07, 6.45) is 12.8. The van der Waals surface area contributed by atoms with Crippen molar-refractivity contribution in [3.63, 3.8) is 0 Å². The van der Waals surface area contributed by atoms with Crippen molar-refractivity contribution in [1.29, 1.82) is 0 Å². The van der Waals surface area contributed by atoms with Crippen molar-refractivity contribution < 1.29 is 9.53 Å². The second-order valence-electron chi connectivity index (χ2n) is 7.30. The average molecular weight is 352 g/mol. The summed E-state index contributed by atoms with van der Waals surface area (Å²) in [6, 6.07) is 0. The molecule has 2 aromatic rings. The van der Waals surface area contributed by atoms with Gasteiger partial charge in [0.15, 0.2) is 0 Å². The van der Waals surface area contributed by atoms with E-state index >= 15 is 0 Å². The van der Waals surface area contributed by atoms with Gasteiger partial charge < -0.3 is 15.0 Å². The van der Waals surface area contributed by atoms with Gasteiger partial charge in [0.1, 0.15) is 6.33 Å². The average Bonchev–Trinajstić information content (AvgIpc) is 3.40. The maximum absolute atomic E-state index is 12.7. The lowest BCUT2D eigenvalue weighted by atomic mass is 10.1. The molecule has 1 unspecified atom stereocenters. The monoisotopic (exact) mass is 352 g/mol. The number of hydrogen-bond donors (Lipinski definition) is 1. The third-order valence-corrected chi connectivity index (χ3v) is 5.44. The first kappa shape index (κ1) is 15.6. The highest BCUT2D eigenvalue weighted by atomic mass is 16.5. The summed E-state index contributed by atoms with van der Waals surface area (Å²) in [7, 11) is 0. The van der Waals surface area contributed by atoms with Crippen LogP contribution in [-0.4, -0.2) is 56.0 Å². The molecule has 4 heterocycles. The number of hydrogen-bond acceptors (Lipinski definition) is 7. The number of likely N-dealkylation sites (tertiary alicyclic amines) is 1. The Hall–Kier alpha value is -2.61. The first-order chi connectivity index (χ1) is 12.7. The summed E-state index contributed by atoms with van der Waals surface area (Å²) < 4.78 is 5.79. The smallest absolute Gasteiger partial charge is 0.257 e. The van der Waals surface area contributed by atoms with E-state index in [0.717, 1.165) is 31.2 Å². The molecular formula is C18H20N6O2. The number of morpholine rings is 1. The van der Waals surface area contributed by atoms with Crippen molar-refractivity contribution in [2.24, 2.45) is 0 Å². The highest BCUT2D eigenvalue weighted by Gasteiger charge is 2.45. The maximum Gasteiger partial charge on any atom is 0.257 e. The van der Waals surface area contributed by atoms with Crippen LogP contribution in [0.3, 0.4) is 0 Å². The second-order valence-corrected chi connectivity index (χ2v) is 7.30. The first-order valence-electron chi connectivity index (χ1n) is 9.02. The SMILES string of the molecule is O=C(c1cnc(NC2(c3cncnc3)CC2)nc1)N1CC2CC[C@@H](C1)O2. The van der Waals surface area contributed by atoms with Crippen molar-refractivity contribution in [3.8, 4) is 0 Å². The highest BCUT2D eigenvalue weighted by Crippen LogP contribution is 2.47. The van der Waals surface area contributed by atoms with Gasteiger partial charge in [-0.3, -0.25) is 4.79 Å². The van der Waals surface area contributed by atoms with Gasteiger partial charge in [-0.15, -0.1) is 0 Å². The molecule has 1 saturated carbocycles. The number of anilines is 1. The largest absolute Gasteiger partial charge is 0.371 e. The van der Waals surface area contributed by atoms with E-state index in [-0.39, 0.29) is 23.7 Å². The maximum atomic E-state index is 12.7. The fourth-order valence-electron chi connectivity index (χ4n) is 3.84. The summed E-state index contributed by atoms with van der Waals surface area (Å²) >= 11 is 0. The Balaban J connectivity index is 1.28. The number of fused-ring (bicyclic) bond motifs is 2. The summed E-state index contributed by atoms with van der Waals surface area (Å²) in [4.78, 5) is 31.5. The number of ether oxygens (including phenoxy) is 1. The van der Waals surface area contributed by atoms with Crippen LogP contribution in [0.2, 0.25) is 0 Å². The molecule has 2 saturated heterocycles. The fraction of sp³-hybridized carbons (Fsp3) is 0.500. The molecule has 2 aliphatic heterocycles. The Morgan fingerprint density at radius 3 is 2.35 bits per heavy atom. The van der Waals surface area contributed by atoms with Gasteiger partial charge in [-0.05, 0) is 25.7 Å². The van der Waals surface area contributed by atoms with Gasteiger partial charge in [-0.1, -0.05) is 0 Å². The number of carbonyl (C=O) groups excluding carboxylic acids is 1. The normalized spacial score (nSPS) is 25.8. The van der Waals surface area contributed by atoms with E-state index in [1.807, 2.05) is 17.3 Å². The molecule has 134 valence electrons. The van der Waals surface area contributed by atoms with Gasteiger partial charge in [0.05, 0.1) is 23.3 Å². The molecule has 8 heteroatoms. The molecule has 0 spiro atoms. The molecule has 2 atom stereocenters. The minimum atomic E-state index is -0.184. The van der Waals surface area contributed by atoms with Crippen molar-refractivity contribution >= 4 is 11.9 Å². The van der Waals surface area contributed by atoms with E-state index in [1.165, 1.54) is 6.33 Å². The molecule has 1 aliphatic carbocycles. The third-order valence-electron chi connectivity index (χ3n) is 5.44. The predicted molar refractivity (Wildman–Crippen MR) is 92.4 cm³/mol. The molecule has 26 heavy (non-hydrogen) atoms. The first-order valence-corrected chi connectivity index (χ1v) is 9.02. The summed E-state index contributed by atoms with van der Waals surface area (Å²) in [5, 5.41) is 3.37.